The highest BCUT2D eigenvalue weighted by atomic mass is 35.5. The summed E-state index contributed by atoms with van der Waals surface area (Å²) >= 11 is 6.15. The summed E-state index contributed by atoms with van der Waals surface area (Å²) in [5, 5.41) is 0.326. The maximum absolute atomic E-state index is 12.7. The first-order valence-electron chi connectivity index (χ1n) is 9.15. The van der Waals surface area contributed by atoms with Crippen molar-refractivity contribution in [2.75, 3.05) is 14.2 Å². The van der Waals surface area contributed by atoms with Crippen LogP contribution in [0.4, 0.5) is 0 Å². The van der Waals surface area contributed by atoms with E-state index in [9.17, 15) is 14.4 Å². The molecule has 0 saturated heterocycles. The first-order valence-corrected chi connectivity index (χ1v) is 9.53. The fourth-order valence-corrected chi connectivity index (χ4v) is 3.49. The van der Waals surface area contributed by atoms with Gasteiger partial charge in [0.2, 0.25) is 5.78 Å². The molecule has 0 bridgehead atoms. The predicted molar refractivity (Wildman–Crippen MR) is 114 cm³/mol. The van der Waals surface area contributed by atoms with Gasteiger partial charge in [-0.3, -0.25) is 9.59 Å². The lowest BCUT2D eigenvalue weighted by Crippen LogP contribution is -2.24. The molecule has 0 radical (unpaired) electrons. The maximum atomic E-state index is 12.7. The zero-order valence-corrected chi connectivity index (χ0v) is 18.5. The van der Waals surface area contributed by atoms with Gasteiger partial charge < -0.3 is 19.2 Å². The van der Waals surface area contributed by atoms with Crippen LogP contribution >= 0.6 is 11.6 Å². The van der Waals surface area contributed by atoms with Crippen LogP contribution < -0.4 is 9.47 Å². The number of H-pyrrole nitrogens is 1. The summed E-state index contributed by atoms with van der Waals surface area (Å²) in [4.78, 5) is 39.5. The van der Waals surface area contributed by atoms with Crippen molar-refractivity contribution in [3.63, 3.8) is 0 Å². The number of rotatable bonds is 8. The quantitative estimate of drug-likeness (QED) is 0.378. The smallest absolute Gasteiger partial charge is 0.331 e. The minimum Gasteiger partial charge on any atom is -0.493 e. The fourth-order valence-electron chi connectivity index (χ4n) is 3.19. The molecular formula is C22H24ClNO6. The summed E-state index contributed by atoms with van der Waals surface area (Å²) in [6.45, 7) is 6.31. The number of aromatic amines is 1. The van der Waals surface area contributed by atoms with Gasteiger partial charge in [-0.25, -0.2) is 4.79 Å². The van der Waals surface area contributed by atoms with Crippen molar-refractivity contribution in [2.45, 2.75) is 33.8 Å². The molecule has 0 aliphatic carbocycles. The van der Waals surface area contributed by atoms with Crippen LogP contribution in [0.2, 0.25) is 5.02 Å². The number of aromatic nitrogens is 1. The van der Waals surface area contributed by atoms with E-state index in [2.05, 4.69) is 4.98 Å². The van der Waals surface area contributed by atoms with Gasteiger partial charge in [0.25, 0.3) is 0 Å². The number of ketones is 2. The van der Waals surface area contributed by atoms with Gasteiger partial charge in [-0.05, 0) is 57.0 Å². The Kier molecular flexibility index (Phi) is 7.45. The minimum atomic E-state index is -1.03. The molecule has 8 heteroatoms. The van der Waals surface area contributed by atoms with Gasteiger partial charge in [0.1, 0.15) is 0 Å². The summed E-state index contributed by atoms with van der Waals surface area (Å²) in [6.07, 6.45) is 1.65. The summed E-state index contributed by atoms with van der Waals surface area (Å²) in [5.74, 6) is -0.449. The summed E-state index contributed by atoms with van der Waals surface area (Å²) in [5.41, 5.74) is 2.47. The number of carbonyl (C=O) groups is 3. The molecule has 0 saturated carbocycles. The molecule has 2 rings (SSSR count). The number of hydrogen-bond acceptors (Lipinski definition) is 6. The van der Waals surface area contributed by atoms with E-state index >= 15 is 0 Å². The highest BCUT2D eigenvalue weighted by Gasteiger charge is 2.25. The van der Waals surface area contributed by atoms with E-state index in [1.807, 2.05) is 0 Å². The van der Waals surface area contributed by atoms with Gasteiger partial charge in [0.15, 0.2) is 23.4 Å². The van der Waals surface area contributed by atoms with Gasteiger partial charge in [-0.15, -0.1) is 0 Å². The number of esters is 1. The van der Waals surface area contributed by atoms with Crippen LogP contribution in [0.5, 0.6) is 11.5 Å². The second kappa shape index (κ2) is 9.63. The Balaban J connectivity index is 2.13. The van der Waals surface area contributed by atoms with E-state index in [1.165, 1.54) is 40.2 Å². The van der Waals surface area contributed by atoms with Crippen molar-refractivity contribution in [3.05, 3.63) is 51.3 Å². The molecule has 2 aromatic rings. The van der Waals surface area contributed by atoms with Gasteiger partial charge >= 0.3 is 5.97 Å². The van der Waals surface area contributed by atoms with E-state index in [0.29, 0.717) is 38.9 Å². The summed E-state index contributed by atoms with van der Waals surface area (Å²) in [6, 6.07) is 3.26. The van der Waals surface area contributed by atoms with Crippen LogP contribution in [-0.4, -0.2) is 42.8 Å². The number of benzene rings is 1. The van der Waals surface area contributed by atoms with Gasteiger partial charge in [-0.1, -0.05) is 11.6 Å². The monoisotopic (exact) mass is 433 g/mol. The second-order valence-electron chi connectivity index (χ2n) is 6.70. The number of ether oxygens (including phenoxy) is 3. The summed E-state index contributed by atoms with van der Waals surface area (Å²) in [7, 11) is 2.95. The Morgan fingerprint density at radius 2 is 1.80 bits per heavy atom. The molecule has 1 atom stereocenters. The van der Waals surface area contributed by atoms with Crippen LogP contribution in [0.25, 0.3) is 6.08 Å². The molecule has 0 aliphatic heterocycles. The zero-order chi connectivity index (χ0) is 22.6. The number of aryl methyl sites for hydroxylation is 1. The summed E-state index contributed by atoms with van der Waals surface area (Å²) < 4.78 is 15.6. The minimum absolute atomic E-state index is 0.138. The first-order chi connectivity index (χ1) is 14.1. The SMILES string of the molecule is COc1cc(/C=C/C(=O)OC(C)C(=O)c2[nH]c(C)c(C(C)=O)c2C)cc(Cl)c1OC. The molecule has 0 spiro atoms. The van der Waals surface area contributed by atoms with Gasteiger partial charge in [0.05, 0.1) is 24.9 Å². The predicted octanol–water partition coefficient (Wildman–Crippen LogP) is 4.33. The first kappa shape index (κ1) is 23.2. The lowest BCUT2D eigenvalue weighted by Gasteiger charge is -2.11. The largest absolute Gasteiger partial charge is 0.493 e. The average molecular weight is 434 g/mol. The molecule has 1 aromatic carbocycles. The number of hydrogen-bond donors (Lipinski definition) is 1. The van der Waals surface area contributed by atoms with Crippen LogP contribution in [-0.2, 0) is 9.53 Å². The number of nitrogens with one attached hydrogen (secondary N) is 1. The van der Waals surface area contributed by atoms with E-state index in [0.717, 1.165) is 0 Å². The van der Waals surface area contributed by atoms with E-state index < -0.39 is 17.9 Å². The molecule has 0 fully saturated rings. The van der Waals surface area contributed by atoms with Crippen LogP contribution in [0.1, 0.15) is 51.5 Å². The number of halogens is 1. The standard InChI is InChI=1S/C22H24ClNO6/c1-11-19(13(3)25)12(2)24-20(11)21(27)14(4)30-18(26)8-7-15-9-16(23)22(29-6)17(10-15)28-5/h7-10,14,24H,1-6H3/b8-7+. The maximum Gasteiger partial charge on any atom is 0.331 e. The van der Waals surface area contributed by atoms with Crippen molar-refractivity contribution in [1.29, 1.82) is 0 Å². The highest BCUT2D eigenvalue weighted by molar-refractivity contribution is 6.32. The molecule has 1 N–H and O–H groups in total. The number of Topliss-reactive ketones (excluding diaryl/α,β-unsaturated/α-hetero) is 2. The molecule has 30 heavy (non-hydrogen) atoms. The van der Waals surface area contributed by atoms with Gasteiger partial charge in [0, 0.05) is 17.3 Å². The van der Waals surface area contributed by atoms with Crippen molar-refractivity contribution in [3.8, 4) is 11.5 Å². The Labute approximate surface area is 180 Å². The van der Waals surface area contributed by atoms with E-state index in [-0.39, 0.29) is 11.5 Å². The Morgan fingerprint density at radius 3 is 2.33 bits per heavy atom. The highest BCUT2D eigenvalue weighted by Crippen LogP contribution is 2.36. The molecule has 0 amide bonds. The fraction of sp³-hybridized carbons (Fsp3) is 0.318. The van der Waals surface area contributed by atoms with Crippen molar-refractivity contribution in [2.24, 2.45) is 0 Å². The molecule has 1 aromatic heterocycles. The van der Waals surface area contributed by atoms with Crippen molar-refractivity contribution >= 4 is 35.2 Å². The molecule has 1 heterocycles. The van der Waals surface area contributed by atoms with Gasteiger partial charge in [-0.2, -0.15) is 0 Å². The Morgan fingerprint density at radius 1 is 1.13 bits per heavy atom. The average Bonchev–Trinajstić information content (AvgIpc) is 2.99. The lowest BCUT2D eigenvalue weighted by molar-refractivity contribution is -0.140. The normalized spacial score (nSPS) is 12.0. The van der Waals surface area contributed by atoms with Crippen LogP contribution in [0.3, 0.4) is 0 Å². The molecule has 0 aliphatic rings. The third-order valence-electron chi connectivity index (χ3n) is 4.57. The molecule has 7 nitrogen and oxygen atoms in total. The molecular weight excluding hydrogens is 410 g/mol. The zero-order valence-electron chi connectivity index (χ0n) is 17.7. The topological polar surface area (TPSA) is 94.7 Å². The molecule has 160 valence electrons. The van der Waals surface area contributed by atoms with Crippen molar-refractivity contribution < 1.29 is 28.6 Å². The Hall–Kier alpha value is -3.06. The van der Waals surface area contributed by atoms with Crippen molar-refractivity contribution in [1.82, 2.24) is 4.98 Å². The molecule has 1 unspecified atom stereocenters. The Bertz CT molecular complexity index is 1020. The third-order valence-corrected chi connectivity index (χ3v) is 4.85. The lowest BCUT2D eigenvalue weighted by atomic mass is 10.0. The van der Waals surface area contributed by atoms with Crippen LogP contribution in [0, 0.1) is 13.8 Å². The van der Waals surface area contributed by atoms with E-state index in [1.54, 1.807) is 26.0 Å². The van der Waals surface area contributed by atoms with E-state index in [4.69, 9.17) is 25.8 Å². The second-order valence-corrected chi connectivity index (χ2v) is 7.10. The number of carbonyl (C=O) groups excluding carboxylic acids is 3. The third kappa shape index (κ3) is 4.91. The number of methoxy groups -OCH3 is 2. The van der Waals surface area contributed by atoms with Crippen LogP contribution in [0.15, 0.2) is 18.2 Å².